The van der Waals surface area contributed by atoms with Gasteiger partial charge in [-0.1, -0.05) is 6.07 Å². The molecule has 1 aromatic rings. The third-order valence-corrected chi connectivity index (χ3v) is 3.14. The maximum absolute atomic E-state index is 13.2. The molecular formula is C11H14BrFN2O. The zero-order chi connectivity index (χ0) is 11.4. The van der Waals surface area contributed by atoms with Crippen molar-refractivity contribution in [1.29, 1.82) is 0 Å². The minimum Gasteiger partial charge on any atom is -0.379 e. The molecule has 1 aliphatic rings. The summed E-state index contributed by atoms with van der Waals surface area (Å²) in [6.45, 7) is 3.89. The first-order valence-electron chi connectivity index (χ1n) is 5.26. The number of morpholine rings is 1. The van der Waals surface area contributed by atoms with Crippen LogP contribution in [0, 0.1) is 5.82 Å². The number of hydrogen-bond acceptors (Lipinski definition) is 3. The summed E-state index contributed by atoms with van der Waals surface area (Å²) >= 11 is 3.13. The highest BCUT2D eigenvalue weighted by Crippen LogP contribution is 2.16. The SMILES string of the molecule is Fc1cc(CNN2CCOCC2)ccc1Br. The van der Waals surface area contributed by atoms with Crippen molar-refractivity contribution in [3.05, 3.63) is 34.1 Å². The van der Waals surface area contributed by atoms with E-state index in [0.717, 1.165) is 31.9 Å². The predicted molar refractivity (Wildman–Crippen MR) is 63.3 cm³/mol. The molecule has 0 unspecified atom stereocenters. The molecule has 16 heavy (non-hydrogen) atoms. The van der Waals surface area contributed by atoms with Gasteiger partial charge in [0.1, 0.15) is 5.82 Å². The molecule has 1 fully saturated rings. The average Bonchev–Trinajstić information content (AvgIpc) is 2.32. The van der Waals surface area contributed by atoms with Crippen molar-refractivity contribution >= 4 is 15.9 Å². The van der Waals surface area contributed by atoms with Gasteiger partial charge in [-0.05, 0) is 33.6 Å². The van der Waals surface area contributed by atoms with Crippen LogP contribution in [0.5, 0.6) is 0 Å². The molecular weight excluding hydrogens is 275 g/mol. The third kappa shape index (κ3) is 3.25. The van der Waals surface area contributed by atoms with Crippen LogP contribution < -0.4 is 5.43 Å². The number of hydrogen-bond donors (Lipinski definition) is 1. The molecule has 1 heterocycles. The van der Waals surface area contributed by atoms with Gasteiger partial charge in [-0.2, -0.15) is 0 Å². The molecule has 1 saturated heterocycles. The standard InChI is InChI=1S/C11H14BrFN2O/c12-10-2-1-9(7-11(10)13)8-14-15-3-5-16-6-4-15/h1-2,7,14H,3-6,8H2. The predicted octanol–water partition coefficient (Wildman–Crippen LogP) is 1.93. The van der Waals surface area contributed by atoms with Gasteiger partial charge in [0, 0.05) is 19.6 Å². The summed E-state index contributed by atoms with van der Waals surface area (Å²) in [4.78, 5) is 0. The molecule has 0 atom stereocenters. The largest absolute Gasteiger partial charge is 0.379 e. The first kappa shape index (κ1) is 12.0. The van der Waals surface area contributed by atoms with Crippen LogP contribution in [0.25, 0.3) is 0 Å². The Hall–Kier alpha value is -0.490. The van der Waals surface area contributed by atoms with Crippen molar-refractivity contribution in [3.8, 4) is 0 Å². The lowest BCUT2D eigenvalue weighted by atomic mass is 10.2. The zero-order valence-electron chi connectivity index (χ0n) is 8.88. The van der Waals surface area contributed by atoms with E-state index in [0.29, 0.717) is 11.0 Å². The number of ether oxygens (including phenoxy) is 1. The summed E-state index contributed by atoms with van der Waals surface area (Å²) in [5.74, 6) is -0.221. The molecule has 0 amide bonds. The van der Waals surface area contributed by atoms with E-state index in [1.165, 1.54) is 6.07 Å². The van der Waals surface area contributed by atoms with Gasteiger partial charge in [0.25, 0.3) is 0 Å². The Morgan fingerprint density at radius 3 is 2.81 bits per heavy atom. The number of nitrogens with zero attached hydrogens (tertiary/aromatic N) is 1. The summed E-state index contributed by atoms with van der Waals surface area (Å²) < 4.78 is 19.0. The van der Waals surface area contributed by atoms with Crippen molar-refractivity contribution < 1.29 is 9.13 Å². The quantitative estimate of drug-likeness (QED) is 0.920. The maximum atomic E-state index is 13.2. The number of nitrogens with one attached hydrogen (secondary N) is 1. The van der Waals surface area contributed by atoms with Crippen molar-refractivity contribution in [1.82, 2.24) is 10.4 Å². The van der Waals surface area contributed by atoms with E-state index in [4.69, 9.17) is 4.74 Å². The van der Waals surface area contributed by atoms with Gasteiger partial charge in [0.05, 0.1) is 17.7 Å². The van der Waals surface area contributed by atoms with Crippen molar-refractivity contribution in [2.24, 2.45) is 0 Å². The molecule has 1 N–H and O–H groups in total. The van der Waals surface area contributed by atoms with E-state index in [1.54, 1.807) is 6.07 Å². The Balaban J connectivity index is 1.86. The molecule has 1 aromatic carbocycles. The highest BCUT2D eigenvalue weighted by molar-refractivity contribution is 9.10. The molecule has 3 nitrogen and oxygen atoms in total. The summed E-state index contributed by atoms with van der Waals surface area (Å²) in [7, 11) is 0. The van der Waals surface area contributed by atoms with E-state index >= 15 is 0 Å². The minimum absolute atomic E-state index is 0.221. The van der Waals surface area contributed by atoms with Gasteiger partial charge in [-0.15, -0.1) is 0 Å². The highest BCUT2D eigenvalue weighted by Gasteiger charge is 2.09. The van der Waals surface area contributed by atoms with Crippen molar-refractivity contribution in [2.75, 3.05) is 26.3 Å². The molecule has 88 valence electrons. The lowest BCUT2D eigenvalue weighted by Crippen LogP contribution is -2.45. The van der Waals surface area contributed by atoms with Crippen molar-refractivity contribution in [3.63, 3.8) is 0 Å². The van der Waals surface area contributed by atoms with Crippen LogP contribution in [0.1, 0.15) is 5.56 Å². The lowest BCUT2D eigenvalue weighted by Gasteiger charge is -2.27. The molecule has 0 bridgehead atoms. The van der Waals surface area contributed by atoms with Crippen LogP contribution in [0.3, 0.4) is 0 Å². The lowest BCUT2D eigenvalue weighted by molar-refractivity contribution is 0.0105. The molecule has 1 aliphatic heterocycles. The number of halogens is 2. The third-order valence-electron chi connectivity index (χ3n) is 2.50. The van der Waals surface area contributed by atoms with Crippen LogP contribution >= 0.6 is 15.9 Å². The van der Waals surface area contributed by atoms with Crippen molar-refractivity contribution in [2.45, 2.75) is 6.54 Å². The van der Waals surface area contributed by atoms with E-state index in [-0.39, 0.29) is 5.82 Å². The van der Waals surface area contributed by atoms with E-state index in [1.807, 2.05) is 6.07 Å². The summed E-state index contributed by atoms with van der Waals surface area (Å²) in [5.41, 5.74) is 4.19. The molecule has 0 spiro atoms. The zero-order valence-corrected chi connectivity index (χ0v) is 10.5. The topological polar surface area (TPSA) is 24.5 Å². The second-order valence-electron chi connectivity index (χ2n) is 3.68. The molecule has 5 heteroatoms. The fourth-order valence-corrected chi connectivity index (χ4v) is 1.82. The minimum atomic E-state index is -0.221. The Labute approximate surface area is 103 Å². The van der Waals surface area contributed by atoms with Crippen LogP contribution in [-0.2, 0) is 11.3 Å². The summed E-state index contributed by atoms with van der Waals surface area (Å²) in [5, 5.41) is 2.10. The second kappa shape index (κ2) is 5.72. The molecule has 0 aromatic heterocycles. The van der Waals surface area contributed by atoms with Gasteiger partial charge < -0.3 is 4.74 Å². The maximum Gasteiger partial charge on any atom is 0.137 e. The van der Waals surface area contributed by atoms with Crippen LogP contribution in [0.4, 0.5) is 4.39 Å². The van der Waals surface area contributed by atoms with E-state index in [2.05, 4.69) is 26.4 Å². The Morgan fingerprint density at radius 1 is 1.38 bits per heavy atom. The Bertz CT molecular complexity index is 356. The fourth-order valence-electron chi connectivity index (χ4n) is 1.57. The average molecular weight is 289 g/mol. The highest BCUT2D eigenvalue weighted by atomic mass is 79.9. The molecule has 0 radical (unpaired) electrons. The molecule has 2 rings (SSSR count). The van der Waals surface area contributed by atoms with Gasteiger partial charge in [-0.25, -0.2) is 9.40 Å². The smallest absolute Gasteiger partial charge is 0.137 e. The van der Waals surface area contributed by atoms with Crippen LogP contribution in [0.2, 0.25) is 0 Å². The van der Waals surface area contributed by atoms with E-state index < -0.39 is 0 Å². The second-order valence-corrected chi connectivity index (χ2v) is 4.54. The van der Waals surface area contributed by atoms with Gasteiger partial charge in [0.15, 0.2) is 0 Å². The first-order valence-corrected chi connectivity index (χ1v) is 6.05. The monoisotopic (exact) mass is 288 g/mol. The number of rotatable bonds is 3. The van der Waals surface area contributed by atoms with Gasteiger partial charge >= 0.3 is 0 Å². The normalized spacial score (nSPS) is 17.6. The summed E-state index contributed by atoms with van der Waals surface area (Å²) in [6, 6.07) is 5.17. The molecule has 0 saturated carbocycles. The Morgan fingerprint density at radius 2 is 2.12 bits per heavy atom. The number of benzene rings is 1. The van der Waals surface area contributed by atoms with Gasteiger partial charge in [0.2, 0.25) is 0 Å². The van der Waals surface area contributed by atoms with Crippen LogP contribution in [0.15, 0.2) is 22.7 Å². The van der Waals surface area contributed by atoms with Crippen LogP contribution in [-0.4, -0.2) is 31.3 Å². The Kier molecular flexibility index (Phi) is 4.29. The van der Waals surface area contributed by atoms with E-state index in [9.17, 15) is 4.39 Å². The fraction of sp³-hybridized carbons (Fsp3) is 0.455. The van der Waals surface area contributed by atoms with Gasteiger partial charge in [-0.3, -0.25) is 5.43 Å². The molecule has 0 aliphatic carbocycles. The summed E-state index contributed by atoms with van der Waals surface area (Å²) in [6.07, 6.45) is 0. The first-order chi connectivity index (χ1) is 7.75. The number of hydrazine groups is 1.